The molecule has 0 aliphatic carbocycles. The number of carbonyl (C=O) groups is 14. The number of nitrogen functional groups attached to an aromatic ring is 2. The summed E-state index contributed by atoms with van der Waals surface area (Å²) in [6.45, 7) is 9.80. The number of benzene rings is 2. The molecule has 48 heteroatoms. The van der Waals surface area contributed by atoms with Gasteiger partial charge in [0, 0.05) is 204 Å². The minimum Gasteiger partial charge on any atom is -0.480 e. The van der Waals surface area contributed by atoms with Gasteiger partial charge in [-0.15, -0.1) is 0 Å². The Bertz CT molecular complexity index is 4820. The van der Waals surface area contributed by atoms with E-state index in [4.69, 9.17) is 59.9 Å². The molecule has 2 atom stereocenters. The maximum Gasteiger partial charge on any atom is 0.326 e. The van der Waals surface area contributed by atoms with Gasteiger partial charge in [0.05, 0.1) is 116 Å². The van der Waals surface area contributed by atoms with Crippen LogP contribution in [-0.4, -0.2) is 314 Å². The molecule has 0 aliphatic heterocycles. The van der Waals surface area contributed by atoms with Crippen LogP contribution < -0.4 is 76.4 Å². The molecule has 0 spiro atoms. The third-order valence-corrected chi connectivity index (χ3v) is 22.4. The van der Waals surface area contributed by atoms with E-state index in [9.17, 15) is 86.9 Å². The minimum absolute atomic E-state index is 0.00852. The van der Waals surface area contributed by atoms with Gasteiger partial charge < -0.3 is 112 Å². The van der Waals surface area contributed by atoms with Crippen molar-refractivity contribution in [1.82, 2.24) is 82.1 Å². The molecule has 7 amide bonds. The molecular formula is C98H147N21O27. The van der Waals surface area contributed by atoms with Crippen LogP contribution in [0.3, 0.4) is 0 Å². The molecule has 0 saturated carbocycles. The summed E-state index contributed by atoms with van der Waals surface area (Å²) in [4.78, 5) is 230. The first-order valence-electron chi connectivity index (χ1n) is 50.0. The van der Waals surface area contributed by atoms with Gasteiger partial charge in [0.2, 0.25) is 41.4 Å². The molecule has 0 fully saturated rings. The van der Waals surface area contributed by atoms with Crippen molar-refractivity contribution in [2.45, 2.75) is 224 Å². The summed E-state index contributed by atoms with van der Waals surface area (Å²) >= 11 is 0. The molecule has 0 aliphatic rings. The fourth-order valence-electron chi connectivity index (χ4n) is 14.3. The van der Waals surface area contributed by atoms with E-state index in [1.807, 2.05) is 10.3 Å². The largest absolute Gasteiger partial charge is 0.480 e. The Balaban J connectivity index is 0.708. The number of carboxylic acid groups (broad SMARTS) is 2. The smallest absolute Gasteiger partial charge is 0.326 e. The second-order valence-corrected chi connectivity index (χ2v) is 34.4. The van der Waals surface area contributed by atoms with Crippen LogP contribution in [0.2, 0.25) is 0 Å². The van der Waals surface area contributed by atoms with Gasteiger partial charge in [0.15, 0.2) is 22.3 Å². The number of carbonyl (C=O) groups excluding carboxylic acids is 12. The Labute approximate surface area is 847 Å². The Kier molecular flexibility index (Phi) is 62.6. The predicted octanol–water partition coefficient (Wildman–Crippen LogP) is 4.04. The van der Waals surface area contributed by atoms with Gasteiger partial charge >= 0.3 is 11.9 Å². The number of amides is 7. The van der Waals surface area contributed by atoms with E-state index in [2.05, 4.69) is 82.4 Å². The summed E-state index contributed by atoms with van der Waals surface area (Å²) in [5, 5.41) is 42.2. The fraction of sp³-hybridized carbons (Fsp3) is 0.612. The SMILES string of the molecule is NNC(=O)CCCC(=O)NCCCOCCOCCOCCCN(CCC(=O)NCCCC(=O)CCCC(=O)CCCCOCCOCCOCCCCC(=O)CCC(NC(=O)c1ccc(NCc2cnc3c(=O)[nH]c(N)nc3n2)cc1)C(=O)O)CCC(=O)NCCCC(=O)CCCC(=O)NCCCOCCOCCOCCCCC(=O)CCC(NC(=O)c1ccc(NCc2cnc3c(=O)[nH]c(N)nc3n2)cc1)C(=O)O. The standard InChI is InChI=1S/C98H147N21O27/c99-97-114-89-87(93(132)116-97)108-67-73(110-89)65-106-71-30-26-69(27-31-71)91(130)112-80(95(134)135)36-34-78(123)16-2-5-48-139-54-60-144-59-53-138-47-4-1-15-75(120)18-7-19-76(121)21-10-40-102-84(127)38-45-119(44-14-52-143-58-64-146-63-57-142-51-13-43-105-83(126)24-9-25-86(129)118-101)46-39-85(128)103-41-11-22-77(122)20-8-23-82(125)104-42-12-50-141-56-62-145-61-55-140-49-6-3-17-79(124)35-37-81(96(136)137)113-92(131)70-28-32-72(33-29-70)107-66-74-68-109-88-90(111-74)115-98(100)117-94(88)133/h26-33,67-68,80-81,106-107H,1-25,34-66,101H2,(H,102,127)(H,103,128)(H,104,125)(H,105,126)(H,112,130)(H,113,131)(H,118,129)(H,134,135)(H,136,137)(H3,99,110,114,116,132)(H3,100,111,115,117,133). The van der Waals surface area contributed by atoms with Gasteiger partial charge in [-0.1, -0.05) is 0 Å². The second-order valence-electron chi connectivity index (χ2n) is 34.4. The average Bonchev–Trinajstić information content (AvgIpc) is 0.813. The molecule has 6 rings (SSSR count). The maximum absolute atomic E-state index is 13.0. The van der Waals surface area contributed by atoms with E-state index in [0.29, 0.717) is 284 Å². The van der Waals surface area contributed by atoms with E-state index in [0.717, 1.165) is 0 Å². The number of nitrogens with one attached hydrogen (secondary N) is 11. The number of aromatic amines is 2. The topological polar surface area (TPSA) is 695 Å². The number of aliphatic carboxylic acids is 2. The van der Waals surface area contributed by atoms with E-state index < -0.39 is 47.0 Å². The molecular weight excluding hydrogens is 1900 g/mol. The van der Waals surface area contributed by atoms with Crippen molar-refractivity contribution in [2.24, 2.45) is 5.84 Å². The summed E-state index contributed by atoms with van der Waals surface area (Å²) < 4.78 is 50.6. The number of Topliss-reactive ketones (excluding diaryl/α,β-unsaturated/α-hetero) is 5. The highest BCUT2D eigenvalue weighted by Gasteiger charge is 2.25. The summed E-state index contributed by atoms with van der Waals surface area (Å²) in [6.07, 6.45) is 13.2. The summed E-state index contributed by atoms with van der Waals surface area (Å²) in [6, 6.07) is 10.1. The van der Waals surface area contributed by atoms with Crippen LogP contribution in [0.5, 0.6) is 0 Å². The predicted molar refractivity (Wildman–Crippen MR) is 536 cm³/mol. The van der Waals surface area contributed by atoms with Gasteiger partial charge in [-0.05, 0) is 151 Å². The highest BCUT2D eigenvalue weighted by molar-refractivity contribution is 5.98. The zero-order valence-corrected chi connectivity index (χ0v) is 83.4. The number of carboxylic acids is 2. The first kappa shape index (κ1) is 122. The lowest BCUT2D eigenvalue weighted by Crippen LogP contribution is -2.41. The number of ketones is 5. The third-order valence-electron chi connectivity index (χ3n) is 22.4. The number of hydrogen-bond donors (Lipinski definition) is 16. The lowest BCUT2D eigenvalue weighted by molar-refractivity contribution is -0.140. The van der Waals surface area contributed by atoms with Crippen LogP contribution >= 0.6 is 0 Å². The molecule has 0 saturated heterocycles. The molecule has 146 heavy (non-hydrogen) atoms. The van der Waals surface area contributed by atoms with Crippen molar-refractivity contribution in [3.63, 3.8) is 0 Å². The molecule has 2 aromatic carbocycles. The third kappa shape index (κ3) is 56.6. The van der Waals surface area contributed by atoms with E-state index >= 15 is 0 Å². The number of H-pyrrole nitrogens is 2. The van der Waals surface area contributed by atoms with Crippen molar-refractivity contribution >= 4 is 128 Å². The van der Waals surface area contributed by atoms with Crippen LogP contribution in [0, 0.1) is 0 Å². The minimum atomic E-state index is -1.27. The number of hydrazine groups is 1. The Morgan fingerprint density at radius 2 is 0.623 bits per heavy atom. The van der Waals surface area contributed by atoms with Crippen LogP contribution in [0.25, 0.3) is 22.3 Å². The molecule has 0 bridgehead atoms. The van der Waals surface area contributed by atoms with Crippen LogP contribution in [0.1, 0.15) is 231 Å². The van der Waals surface area contributed by atoms with Crippen molar-refractivity contribution in [2.75, 3.05) is 187 Å². The zero-order chi connectivity index (χ0) is 105. The van der Waals surface area contributed by atoms with Crippen molar-refractivity contribution in [1.29, 1.82) is 0 Å². The Morgan fingerprint density at radius 1 is 0.329 bits per heavy atom. The molecule has 806 valence electrons. The Morgan fingerprint density at radius 3 is 0.979 bits per heavy atom. The number of aromatic nitrogens is 8. The van der Waals surface area contributed by atoms with Gasteiger partial charge in [-0.25, -0.2) is 35.4 Å². The zero-order valence-electron chi connectivity index (χ0n) is 83.4. The van der Waals surface area contributed by atoms with Crippen molar-refractivity contribution < 1.29 is 120 Å². The van der Waals surface area contributed by atoms with Gasteiger partial charge in [0.1, 0.15) is 41.0 Å². The maximum atomic E-state index is 13.0. The first-order chi connectivity index (χ1) is 70.7. The van der Waals surface area contributed by atoms with Gasteiger partial charge in [-0.2, -0.15) is 9.97 Å². The molecule has 2 unspecified atom stereocenters. The van der Waals surface area contributed by atoms with E-state index in [1.54, 1.807) is 24.3 Å². The highest BCUT2D eigenvalue weighted by Crippen LogP contribution is 2.18. The molecule has 4 aromatic heterocycles. The summed E-state index contributed by atoms with van der Waals surface area (Å²) in [7, 11) is 0. The van der Waals surface area contributed by atoms with Crippen LogP contribution in [0.4, 0.5) is 23.3 Å². The fourth-order valence-corrected chi connectivity index (χ4v) is 14.3. The van der Waals surface area contributed by atoms with Crippen molar-refractivity contribution in [3.05, 3.63) is 104 Å². The lowest BCUT2D eigenvalue weighted by atomic mass is 10.0. The van der Waals surface area contributed by atoms with Crippen molar-refractivity contribution in [3.8, 4) is 0 Å². The van der Waals surface area contributed by atoms with E-state index in [1.165, 1.54) is 36.7 Å². The normalized spacial score (nSPS) is 11.7. The number of hydrogen-bond acceptors (Lipinski definition) is 37. The number of nitrogens with zero attached hydrogens (tertiary/aromatic N) is 7. The molecule has 6 aromatic rings. The number of unbranched alkanes of at least 4 members (excludes halogenated alkanes) is 3. The molecule has 19 N–H and O–H groups in total. The van der Waals surface area contributed by atoms with Gasteiger partial charge in [-0.3, -0.25) is 82.5 Å². The summed E-state index contributed by atoms with van der Waals surface area (Å²) in [5.41, 5.74) is 15.2. The van der Waals surface area contributed by atoms with Crippen LogP contribution in [0.15, 0.2) is 70.5 Å². The second kappa shape index (κ2) is 75.0. The molecule has 48 nitrogen and oxygen atoms in total. The number of anilines is 4. The van der Waals surface area contributed by atoms with Crippen LogP contribution in [-0.2, 0) is 113 Å². The Hall–Kier alpha value is -12.8. The first-order valence-corrected chi connectivity index (χ1v) is 50.0. The summed E-state index contributed by atoms with van der Waals surface area (Å²) in [5.74, 6) is -0.118. The number of nitrogens with two attached hydrogens (primary N) is 3. The molecule has 4 heterocycles. The lowest BCUT2D eigenvalue weighted by Gasteiger charge is -2.22. The molecule has 0 radical (unpaired) electrons. The van der Waals surface area contributed by atoms with Gasteiger partial charge in [0.25, 0.3) is 22.9 Å². The number of rotatable bonds is 89. The quantitative estimate of drug-likeness (QED) is 0.0111. The average molecular weight is 2050 g/mol. The van der Waals surface area contributed by atoms with E-state index in [-0.39, 0.29) is 220 Å². The monoisotopic (exact) mass is 2050 g/mol. The number of ether oxygens (including phenoxy) is 9. The highest BCUT2D eigenvalue weighted by atomic mass is 16.6. The number of fused-ring (bicyclic) bond motifs is 2.